The fourth-order valence-corrected chi connectivity index (χ4v) is 2.38. The summed E-state index contributed by atoms with van der Waals surface area (Å²) in [5, 5.41) is 12.9. The Hall–Kier alpha value is -1.02. The van der Waals surface area contributed by atoms with E-state index in [-0.39, 0.29) is 0 Å². The Bertz CT molecular complexity index is 309. The van der Waals surface area contributed by atoms with Crippen molar-refractivity contribution in [1.29, 1.82) is 0 Å². The van der Waals surface area contributed by atoms with E-state index < -0.39 is 0 Å². The monoisotopic (exact) mass is 205 g/mol. The van der Waals surface area contributed by atoms with Gasteiger partial charge in [-0.25, -0.2) is 0 Å². The standard InChI is InChI=1S/C13H19NO/c1-10-6-12(9-13(15)7-10)8-11-2-4-14-5-3-11/h6-7,9,11,14-15H,2-5,8H2,1H3. The second kappa shape index (κ2) is 4.67. The highest BCUT2D eigenvalue weighted by molar-refractivity contribution is 5.33. The van der Waals surface area contributed by atoms with Crippen molar-refractivity contribution in [2.45, 2.75) is 26.2 Å². The smallest absolute Gasteiger partial charge is 0.116 e. The lowest BCUT2D eigenvalue weighted by Gasteiger charge is -2.22. The fraction of sp³-hybridized carbons (Fsp3) is 0.538. The summed E-state index contributed by atoms with van der Waals surface area (Å²) in [6.45, 7) is 4.32. The number of hydrogen-bond donors (Lipinski definition) is 2. The van der Waals surface area contributed by atoms with Crippen LogP contribution in [0.5, 0.6) is 5.75 Å². The number of hydrogen-bond acceptors (Lipinski definition) is 2. The lowest BCUT2D eigenvalue weighted by atomic mass is 9.90. The molecule has 0 saturated carbocycles. The topological polar surface area (TPSA) is 32.3 Å². The second-order valence-corrected chi connectivity index (χ2v) is 4.57. The molecule has 2 N–H and O–H groups in total. The first-order valence-electron chi connectivity index (χ1n) is 5.74. The van der Waals surface area contributed by atoms with E-state index in [2.05, 4.69) is 11.4 Å². The molecule has 1 aliphatic rings. The summed E-state index contributed by atoms with van der Waals surface area (Å²) in [4.78, 5) is 0. The Balaban J connectivity index is 2.02. The van der Waals surface area contributed by atoms with E-state index in [1.54, 1.807) is 0 Å². The van der Waals surface area contributed by atoms with Gasteiger partial charge in [0.1, 0.15) is 5.75 Å². The summed E-state index contributed by atoms with van der Waals surface area (Å²) in [7, 11) is 0. The molecule has 0 unspecified atom stereocenters. The molecule has 0 spiro atoms. The Morgan fingerprint density at radius 3 is 2.67 bits per heavy atom. The van der Waals surface area contributed by atoms with Crippen molar-refractivity contribution >= 4 is 0 Å². The summed E-state index contributed by atoms with van der Waals surface area (Å²) in [5.74, 6) is 1.19. The first kappa shape index (κ1) is 10.5. The molecule has 0 aromatic heterocycles. The summed E-state index contributed by atoms with van der Waals surface area (Å²) < 4.78 is 0. The quantitative estimate of drug-likeness (QED) is 0.776. The van der Waals surface area contributed by atoms with Gasteiger partial charge in [-0.05, 0) is 68.5 Å². The lowest BCUT2D eigenvalue weighted by molar-refractivity contribution is 0.372. The molecule has 15 heavy (non-hydrogen) atoms. The zero-order valence-corrected chi connectivity index (χ0v) is 9.29. The van der Waals surface area contributed by atoms with Crippen LogP contribution in [0, 0.1) is 12.8 Å². The molecule has 82 valence electrons. The lowest BCUT2D eigenvalue weighted by Crippen LogP contribution is -2.28. The van der Waals surface area contributed by atoms with Crippen molar-refractivity contribution in [2.24, 2.45) is 5.92 Å². The minimum Gasteiger partial charge on any atom is -0.508 e. The first-order valence-corrected chi connectivity index (χ1v) is 5.74. The zero-order chi connectivity index (χ0) is 10.7. The molecule has 0 atom stereocenters. The van der Waals surface area contributed by atoms with E-state index in [0.717, 1.165) is 31.0 Å². The number of aromatic hydroxyl groups is 1. The van der Waals surface area contributed by atoms with E-state index >= 15 is 0 Å². The largest absolute Gasteiger partial charge is 0.508 e. The van der Waals surface area contributed by atoms with Crippen LogP contribution in [0.1, 0.15) is 24.0 Å². The summed E-state index contributed by atoms with van der Waals surface area (Å²) in [5.41, 5.74) is 2.43. The summed E-state index contributed by atoms with van der Waals surface area (Å²) in [6.07, 6.45) is 3.63. The maximum absolute atomic E-state index is 9.51. The highest BCUT2D eigenvalue weighted by Crippen LogP contribution is 2.22. The van der Waals surface area contributed by atoms with Crippen LogP contribution >= 0.6 is 0 Å². The van der Waals surface area contributed by atoms with Crippen LogP contribution in [0.4, 0.5) is 0 Å². The van der Waals surface area contributed by atoms with E-state index in [1.165, 1.54) is 18.4 Å². The van der Waals surface area contributed by atoms with Crippen molar-refractivity contribution in [3.63, 3.8) is 0 Å². The van der Waals surface area contributed by atoms with Gasteiger partial charge < -0.3 is 10.4 Å². The van der Waals surface area contributed by atoms with Crippen molar-refractivity contribution in [3.05, 3.63) is 29.3 Å². The number of benzene rings is 1. The van der Waals surface area contributed by atoms with Crippen LogP contribution in [-0.4, -0.2) is 18.2 Å². The molecule has 0 radical (unpaired) electrons. The van der Waals surface area contributed by atoms with E-state index in [1.807, 2.05) is 19.1 Å². The second-order valence-electron chi connectivity index (χ2n) is 4.57. The van der Waals surface area contributed by atoms with Crippen LogP contribution in [0.3, 0.4) is 0 Å². The Kier molecular flexibility index (Phi) is 3.27. The molecule has 1 heterocycles. The minimum absolute atomic E-state index is 0.402. The molecule has 1 aromatic rings. The molecule has 2 nitrogen and oxygen atoms in total. The highest BCUT2D eigenvalue weighted by Gasteiger charge is 2.13. The predicted molar refractivity (Wildman–Crippen MR) is 62.1 cm³/mol. The van der Waals surface area contributed by atoms with Gasteiger partial charge in [-0.15, -0.1) is 0 Å². The van der Waals surface area contributed by atoms with Crippen molar-refractivity contribution in [3.8, 4) is 5.75 Å². The zero-order valence-electron chi connectivity index (χ0n) is 9.29. The summed E-state index contributed by atoms with van der Waals surface area (Å²) >= 11 is 0. The van der Waals surface area contributed by atoms with Gasteiger partial charge in [-0.1, -0.05) is 6.07 Å². The molecule has 2 rings (SSSR count). The predicted octanol–water partition coefficient (Wildman–Crippen LogP) is 2.24. The maximum atomic E-state index is 9.51. The molecule has 1 aliphatic heterocycles. The molecule has 2 heteroatoms. The summed E-state index contributed by atoms with van der Waals surface area (Å²) in [6, 6.07) is 5.89. The number of piperidine rings is 1. The Morgan fingerprint density at radius 2 is 2.00 bits per heavy atom. The third-order valence-electron chi connectivity index (χ3n) is 3.11. The van der Waals surface area contributed by atoms with Gasteiger partial charge in [-0.3, -0.25) is 0 Å². The first-order chi connectivity index (χ1) is 7.24. The average molecular weight is 205 g/mol. The maximum Gasteiger partial charge on any atom is 0.116 e. The third-order valence-corrected chi connectivity index (χ3v) is 3.11. The molecule has 0 amide bonds. The molecule has 0 aliphatic carbocycles. The van der Waals surface area contributed by atoms with Gasteiger partial charge in [-0.2, -0.15) is 0 Å². The Labute approximate surface area is 91.3 Å². The SMILES string of the molecule is Cc1cc(O)cc(CC2CCNCC2)c1. The van der Waals surface area contributed by atoms with E-state index in [0.29, 0.717) is 5.75 Å². The minimum atomic E-state index is 0.402. The van der Waals surface area contributed by atoms with Crippen molar-refractivity contribution in [2.75, 3.05) is 13.1 Å². The Morgan fingerprint density at radius 1 is 1.27 bits per heavy atom. The number of phenols is 1. The number of phenolic OH excluding ortho intramolecular Hbond substituents is 1. The molecule has 0 bridgehead atoms. The van der Waals surface area contributed by atoms with Gasteiger partial charge in [0.2, 0.25) is 0 Å². The highest BCUT2D eigenvalue weighted by atomic mass is 16.3. The molecule has 1 saturated heterocycles. The van der Waals surface area contributed by atoms with Crippen LogP contribution in [0.25, 0.3) is 0 Å². The van der Waals surface area contributed by atoms with E-state index in [4.69, 9.17) is 0 Å². The van der Waals surface area contributed by atoms with Gasteiger partial charge >= 0.3 is 0 Å². The molecule has 1 fully saturated rings. The molecular weight excluding hydrogens is 186 g/mol. The number of nitrogens with one attached hydrogen (secondary N) is 1. The van der Waals surface area contributed by atoms with Crippen LogP contribution in [0.2, 0.25) is 0 Å². The number of aryl methyl sites for hydroxylation is 1. The van der Waals surface area contributed by atoms with E-state index in [9.17, 15) is 5.11 Å². The van der Waals surface area contributed by atoms with Gasteiger partial charge in [0, 0.05) is 0 Å². The molecule has 1 aromatic carbocycles. The molecular formula is C13H19NO. The normalized spacial score (nSPS) is 17.9. The van der Waals surface area contributed by atoms with Crippen LogP contribution < -0.4 is 5.32 Å². The third kappa shape index (κ3) is 2.96. The fourth-order valence-electron chi connectivity index (χ4n) is 2.38. The van der Waals surface area contributed by atoms with Crippen LogP contribution in [0.15, 0.2) is 18.2 Å². The van der Waals surface area contributed by atoms with Crippen molar-refractivity contribution in [1.82, 2.24) is 5.32 Å². The van der Waals surface area contributed by atoms with Crippen LogP contribution in [-0.2, 0) is 6.42 Å². The van der Waals surface area contributed by atoms with Crippen molar-refractivity contribution < 1.29 is 5.11 Å². The van der Waals surface area contributed by atoms with Gasteiger partial charge in [0.15, 0.2) is 0 Å². The average Bonchev–Trinajstić information content (AvgIpc) is 2.17. The van der Waals surface area contributed by atoms with Gasteiger partial charge in [0.25, 0.3) is 0 Å². The van der Waals surface area contributed by atoms with Gasteiger partial charge in [0.05, 0.1) is 0 Å². The number of rotatable bonds is 2.